The van der Waals surface area contributed by atoms with E-state index in [0.29, 0.717) is 0 Å². The zero-order valence-electron chi connectivity index (χ0n) is 15.1. The lowest BCUT2D eigenvalue weighted by Gasteiger charge is -2.44. The van der Waals surface area contributed by atoms with E-state index >= 15 is 0 Å². The van der Waals surface area contributed by atoms with Gasteiger partial charge in [0.25, 0.3) is 0 Å². The maximum Gasteiger partial charge on any atom is 0.344 e. The molecule has 2 fully saturated rings. The van der Waals surface area contributed by atoms with E-state index in [1.54, 1.807) is 0 Å². The van der Waals surface area contributed by atoms with Gasteiger partial charge < -0.3 is 8.85 Å². The van der Waals surface area contributed by atoms with Crippen molar-refractivity contribution in [2.45, 2.75) is 108 Å². The van der Waals surface area contributed by atoms with Crippen molar-refractivity contribution < 1.29 is 8.85 Å². The highest BCUT2D eigenvalue weighted by Gasteiger charge is 2.51. The molecule has 2 aliphatic rings. The maximum atomic E-state index is 6.60. The second-order valence-corrected chi connectivity index (χ2v) is 11.0. The molecule has 0 aliphatic heterocycles. The van der Waals surface area contributed by atoms with Gasteiger partial charge >= 0.3 is 8.56 Å². The van der Waals surface area contributed by atoms with E-state index in [-0.39, 0.29) is 0 Å². The Morgan fingerprint density at radius 2 is 0.909 bits per heavy atom. The molecule has 0 radical (unpaired) electrons. The molecular formula is C19H38O2Si. The van der Waals surface area contributed by atoms with Crippen LogP contribution in [0.15, 0.2) is 0 Å². The Morgan fingerprint density at radius 3 is 1.27 bits per heavy atom. The van der Waals surface area contributed by atoms with Crippen molar-refractivity contribution in [1.82, 2.24) is 0 Å². The summed E-state index contributed by atoms with van der Waals surface area (Å²) >= 11 is 0. The molecule has 0 heterocycles. The fourth-order valence-electron chi connectivity index (χ4n) is 4.84. The zero-order chi connectivity index (χ0) is 15.7. The van der Waals surface area contributed by atoms with E-state index in [1.165, 1.54) is 83.5 Å². The molecule has 2 rings (SSSR count). The molecule has 0 aromatic heterocycles. The van der Waals surface area contributed by atoms with E-state index in [4.69, 9.17) is 8.85 Å². The largest absolute Gasteiger partial charge is 0.394 e. The SMILES string of the molecule is CCO[Si](OCC)(C1CCCCCCCC1)C1CCCCC1. The molecule has 0 aromatic rings. The fourth-order valence-corrected chi connectivity index (χ4v) is 9.86. The van der Waals surface area contributed by atoms with Crippen LogP contribution in [0, 0.1) is 0 Å². The smallest absolute Gasteiger partial charge is 0.344 e. The van der Waals surface area contributed by atoms with Gasteiger partial charge in [-0.2, -0.15) is 0 Å². The molecule has 2 nitrogen and oxygen atoms in total. The number of rotatable bonds is 6. The average Bonchev–Trinajstić information content (AvgIpc) is 2.69. The molecule has 130 valence electrons. The minimum Gasteiger partial charge on any atom is -0.394 e. The van der Waals surface area contributed by atoms with Crippen LogP contribution < -0.4 is 0 Å². The molecule has 22 heavy (non-hydrogen) atoms. The minimum atomic E-state index is -2.07. The van der Waals surface area contributed by atoms with Gasteiger partial charge in [0.05, 0.1) is 0 Å². The van der Waals surface area contributed by atoms with Crippen molar-refractivity contribution in [3.05, 3.63) is 0 Å². The van der Waals surface area contributed by atoms with Crippen LogP contribution in [0.5, 0.6) is 0 Å². The van der Waals surface area contributed by atoms with E-state index in [9.17, 15) is 0 Å². The standard InChI is InChI=1S/C19H38O2Si/c1-3-20-22(21-4-2,19-16-12-9-13-17-19)18-14-10-7-5-6-8-11-15-18/h18-19H,3-17H2,1-2H3. The molecule has 0 amide bonds. The lowest BCUT2D eigenvalue weighted by molar-refractivity contribution is 0.149. The molecule has 0 unspecified atom stereocenters. The predicted molar refractivity (Wildman–Crippen MR) is 96.5 cm³/mol. The summed E-state index contributed by atoms with van der Waals surface area (Å²) in [7, 11) is -2.07. The van der Waals surface area contributed by atoms with Crippen molar-refractivity contribution in [2.24, 2.45) is 0 Å². The van der Waals surface area contributed by atoms with Gasteiger partial charge in [-0.05, 0) is 39.5 Å². The van der Waals surface area contributed by atoms with Crippen molar-refractivity contribution in [3.8, 4) is 0 Å². The first kappa shape index (κ1) is 18.5. The fraction of sp³-hybridized carbons (Fsp3) is 1.00. The van der Waals surface area contributed by atoms with Gasteiger partial charge in [-0.1, -0.05) is 57.8 Å². The first-order valence-electron chi connectivity index (χ1n) is 10.1. The summed E-state index contributed by atoms with van der Waals surface area (Å²) in [5, 5.41) is 0. The molecule has 3 heteroatoms. The third-order valence-electron chi connectivity index (χ3n) is 5.84. The molecule has 0 aromatic carbocycles. The molecule has 2 saturated carbocycles. The normalized spacial score (nSPS) is 23.7. The molecule has 0 saturated heterocycles. The molecule has 0 spiro atoms. The van der Waals surface area contributed by atoms with Crippen molar-refractivity contribution in [3.63, 3.8) is 0 Å². The van der Waals surface area contributed by atoms with Crippen LogP contribution in [0.3, 0.4) is 0 Å². The summed E-state index contributed by atoms with van der Waals surface area (Å²) in [4.78, 5) is 0. The highest BCUT2D eigenvalue weighted by Crippen LogP contribution is 2.48. The second kappa shape index (κ2) is 10.1. The van der Waals surface area contributed by atoms with Gasteiger partial charge in [0, 0.05) is 24.3 Å². The van der Waals surface area contributed by atoms with Gasteiger partial charge in [-0.15, -0.1) is 0 Å². The third-order valence-corrected chi connectivity index (χ3v) is 10.7. The lowest BCUT2D eigenvalue weighted by atomic mass is 10.0. The van der Waals surface area contributed by atoms with Crippen LogP contribution in [0.2, 0.25) is 11.1 Å². The molecule has 0 bridgehead atoms. The van der Waals surface area contributed by atoms with Crippen LogP contribution in [0.1, 0.15) is 97.3 Å². The van der Waals surface area contributed by atoms with E-state index in [0.717, 1.165) is 24.3 Å². The average molecular weight is 327 g/mol. The van der Waals surface area contributed by atoms with E-state index in [2.05, 4.69) is 13.8 Å². The highest BCUT2D eigenvalue weighted by atomic mass is 28.4. The molecule has 0 atom stereocenters. The number of hydrogen-bond donors (Lipinski definition) is 0. The van der Waals surface area contributed by atoms with Crippen LogP contribution in [-0.4, -0.2) is 21.8 Å². The second-order valence-electron chi connectivity index (χ2n) is 7.32. The summed E-state index contributed by atoms with van der Waals surface area (Å²) < 4.78 is 13.2. The highest BCUT2D eigenvalue weighted by molar-refractivity contribution is 6.70. The topological polar surface area (TPSA) is 18.5 Å². The monoisotopic (exact) mass is 326 g/mol. The Balaban J connectivity index is 2.17. The van der Waals surface area contributed by atoms with Gasteiger partial charge in [0.2, 0.25) is 0 Å². The van der Waals surface area contributed by atoms with Crippen LogP contribution in [0.4, 0.5) is 0 Å². The third kappa shape index (κ3) is 4.81. The molecule has 2 aliphatic carbocycles. The van der Waals surface area contributed by atoms with Crippen molar-refractivity contribution in [2.75, 3.05) is 13.2 Å². The minimum absolute atomic E-state index is 0.744. The van der Waals surface area contributed by atoms with Gasteiger partial charge in [0.1, 0.15) is 0 Å². The van der Waals surface area contributed by atoms with Gasteiger partial charge in [-0.3, -0.25) is 0 Å². The Morgan fingerprint density at radius 1 is 0.591 bits per heavy atom. The zero-order valence-corrected chi connectivity index (χ0v) is 16.1. The summed E-state index contributed by atoms with van der Waals surface area (Å²) in [5.41, 5.74) is 1.50. The molecular weight excluding hydrogens is 288 g/mol. The van der Waals surface area contributed by atoms with E-state index in [1.807, 2.05) is 0 Å². The van der Waals surface area contributed by atoms with Crippen LogP contribution in [-0.2, 0) is 8.85 Å². The molecule has 0 N–H and O–H groups in total. The van der Waals surface area contributed by atoms with Crippen molar-refractivity contribution in [1.29, 1.82) is 0 Å². The number of hydrogen-bond acceptors (Lipinski definition) is 2. The lowest BCUT2D eigenvalue weighted by Crippen LogP contribution is -2.52. The van der Waals surface area contributed by atoms with Crippen molar-refractivity contribution >= 4 is 8.56 Å². The Labute approximate surface area is 139 Å². The van der Waals surface area contributed by atoms with Gasteiger partial charge in [0.15, 0.2) is 0 Å². The van der Waals surface area contributed by atoms with E-state index < -0.39 is 8.56 Å². The summed E-state index contributed by atoms with van der Waals surface area (Å²) in [6, 6.07) is 0. The van der Waals surface area contributed by atoms with Gasteiger partial charge in [-0.25, -0.2) is 0 Å². The Bertz CT molecular complexity index is 273. The maximum absolute atomic E-state index is 6.60. The summed E-state index contributed by atoms with van der Waals surface area (Å²) in [6.07, 6.45) is 18.2. The predicted octanol–water partition coefficient (Wildman–Crippen LogP) is 6.34. The van der Waals surface area contributed by atoms with Crippen LogP contribution >= 0.6 is 0 Å². The van der Waals surface area contributed by atoms with Crippen LogP contribution in [0.25, 0.3) is 0 Å². The Hall–Kier alpha value is 0.137. The summed E-state index contributed by atoms with van der Waals surface area (Å²) in [6.45, 7) is 6.05. The Kier molecular flexibility index (Phi) is 8.48. The quantitative estimate of drug-likeness (QED) is 0.530. The first-order chi connectivity index (χ1) is 10.8. The summed E-state index contributed by atoms with van der Waals surface area (Å²) in [5.74, 6) is 0. The first-order valence-corrected chi connectivity index (χ1v) is 12.1.